The Hall–Kier alpha value is -0.240. The number of aliphatic carboxylic acids is 1. The summed E-state index contributed by atoms with van der Waals surface area (Å²) in [5, 5.41) is 8.47. The smallest absolute Gasteiger partial charge is 0.303 e. The van der Waals surface area contributed by atoms with Gasteiger partial charge < -0.3 is 5.11 Å². The molecule has 0 radical (unpaired) electrons. The van der Waals surface area contributed by atoms with Gasteiger partial charge in [0.05, 0.1) is 0 Å². The molecule has 1 rings (SSSR count). The van der Waals surface area contributed by atoms with Crippen LogP contribution in [0.15, 0.2) is 0 Å². The number of rotatable bonds is 4. The molecule has 0 aromatic rings. The van der Waals surface area contributed by atoms with E-state index in [4.69, 9.17) is 16.7 Å². The molecular formula is C8H13ClO2. The maximum absolute atomic E-state index is 10.2. The molecule has 0 heterocycles. The van der Waals surface area contributed by atoms with Crippen molar-refractivity contribution in [2.24, 2.45) is 5.92 Å². The van der Waals surface area contributed by atoms with Crippen molar-refractivity contribution in [3.8, 4) is 0 Å². The predicted molar refractivity (Wildman–Crippen MR) is 43.9 cm³/mol. The predicted octanol–water partition coefficient (Wildman–Crippen LogP) is 2.26. The van der Waals surface area contributed by atoms with E-state index in [0.717, 1.165) is 0 Å². The molecule has 0 spiro atoms. The molecule has 0 aromatic carbocycles. The number of carboxylic acids is 1. The van der Waals surface area contributed by atoms with Gasteiger partial charge in [-0.15, -0.1) is 11.6 Å². The van der Waals surface area contributed by atoms with E-state index in [0.29, 0.717) is 12.3 Å². The molecular weight excluding hydrogens is 164 g/mol. The Morgan fingerprint density at radius 3 is 2.64 bits per heavy atom. The van der Waals surface area contributed by atoms with Gasteiger partial charge in [0.2, 0.25) is 0 Å². The number of hydrogen-bond acceptors (Lipinski definition) is 1. The Morgan fingerprint density at radius 2 is 2.27 bits per heavy atom. The van der Waals surface area contributed by atoms with Crippen LogP contribution in [0.5, 0.6) is 0 Å². The molecule has 0 aromatic heterocycles. The number of alkyl halides is 1. The van der Waals surface area contributed by atoms with Crippen LogP contribution in [0.2, 0.25) is 0 Å². The molecule has 64 valence electrons. The minimum atomic E-state index is -0.741. The summed E-state index contributed by atoms with van der Waals surface area (Å²) in [6.07, 6.45) is 4.48. The summed E-state index contributed by atoms with van der Waals surface area (Å²) in [6, 6.07) is 0. The van der Waals surface area contributed by atoms with Crippen LogP contribution in [-0.2, 0) is 4.79 Å². The number of halogens is 1. The lowest BCUT2D eigenvalue weighted by molar-refractivity contribution is -0.137. The molecule has 11 heavy (non-hydrogen) atoms. The number of carboxylic acid groups (broad SMARTS) is 1. The maximum Gasteiger partial charge on any atom is 0.303 e. The van der Waals surface area contributed by atoms with Crippen LogP contribution in [0, 0.1) is 5.92 Å². The molecule has 1 unspecified atom stereocenters. The first-order valence-electron chi connectivity index (χ1n) is 4.06. The molecule has 1 aliphatic rings. The lowest BCUT2D eigenvalue weighted by atomic mass is 9.81. The fourth-order valence-electron chi connectivity index (χ4n) is 1.30. The fraction of sp³-hybridized carbons (Fsp3) is 0.875. The molecule has 1 N–H and O–H groups in total. The van der Waals surface area contributed by atoms with Crippen molar-refractivity contribution in [1.82, 2.24) is 0 Å². The summed E-state index contributed by atoms with van der Waals surface area (Å²) in [7, 11) is 0. The molecule has 2 nitrogen and oxygen atoms in total. The normalized spacial score (nSPS) is 20.8. The summed E-state index contributed by atoms with van der Waals surface area (Å²) in [6.45, 7) is 0. The first-order chi connectivity index (χ1) is 5.20. The lowest BCUT2D eigenvalue weighted by Gasteiger charge is -2.29. The monoisotopic (exact) mass is 176 g/mol. The van der Waals surface area contributed by atoms with Gasteiger partial charge >= 0.3 is 5.97 Å². The van der Waals surface area contributed by atoms with E-state index < -0.39 is 5.97 Å². The van der Waals surface area contributed by atoms with Crippen LogP contribution in [0.1, 0.15) is 32.1 Å². The first kappa shape index (κ1) is 8.85. The summed E-state index contributed by atoms with van der Waals surface area (Å²) in [5.74, 6) is -0.147. The molecule has 1 aliphatic carbocycles. The van der Waals surface area contributed by atoms with Crippen LogP contribution in [0.4, 0.5) is 0 Å². The van der Waals surface area contributed by atoms with Crippen molar-refractivity contribution in [3.05, 3.63) is 0 Å². The molecule has 3 heteroatoms. The SMILES string of the molecule is O=C(O)CCC(Cl)C1CCC1. The van der Waals surface area contributed by atoms with Crippen molar-refractivity contribution >= 4 is 17.6 Å². The zero-order chi connectivity index (χ0) is 8.27. The zero-order valence-corrected chi connectivity index (χ0v) is 7.18. The summed E-state index contributed by atoms with van der Waals surface area (Å²) in [5.41, 5.74) is 0. The third-order valence-electron chi connectivity index (χ3n) is 2.30. The summed E-state index contributed by atoms with van der Waals surface area (Å²) in [4.78, 5) is 10.2. The highest BCUT2D eigenvalue weighted by Crippen LogP contribution is 2.34. The van der Waals surface area contributed by atoms with Crippen LogP contribution in [0.25, 0.3) is 0 Å². The quantitative estimate of drug-likeness (QED) is 0.668. The minimum Gasteiger partial charge on any atom is -0.481 e. The van der Waals surface area contributed by atoms with Gasteiger partial charge in [-0.05, 0) is 25.2 Å². The third kappa shape index (κ3) is 2.70. The van der Waals surface area contributed by atoms with E-state index >= 15 is 0 Å². The van der Waals surface area contributed by atoms with Crippen molar-refractivity contribution in [2.75, 3.05) is 0 Å². The molecule has 0 amide bonds. The molecule has 0 bridgehead atoms. The zero-order valence-electron chi connectivity index (χ0n) is 6.42. The highest BCUT2D eigenvalue weighted by molar-refractivity contribution is 6.20. The fourth-order valence-corrected chi connectivity index (χ4v) is 1.66. The summed E-state index contributed by atoms with van der Waals surface area (Å²) < 4.78 is 0. The molecule has 1 atom stereocenters. The van der Waals surface area contributed by atoms with E-state index in [1.165, 1.54) is 19.3 Å². The van der Waals surface area contributed by atoms with Crippen molar-refractivity contribution < 1.29 is 9.90 Å². The topological polar surface area (TPSA) is 37.3 Å². The second-order valence-corrected chi connectivity index (χ2v) is 3.70. The van der Waals surface area contributed by atoms with Crippen molar-refractivity contribution in [2.45, 2.75) is 37.5 Å². The van der Waals surface area contributed by atoms with Gasteiger partial charge in [0.15, 0.2) is 0 Å². The average Bonchev–Trinajstić information content (AvgIpc) is 1.79. The Balaban J connectivity index is 2.09. The van der Waals surface area contributed by atoms with E-state index in [1.54, 1.807) is 0 Å². The second-order valence-electron chi connectivity index (χ2n) is 3.14. The number of hydrogen-bond donors (Lipinski definition) is 1. The van der Waals surface area contributed by atoms with Crippen LogP contribution in [-0.4, -0.2) is 16.5 Å². The molecule has 0 saturated heterocycles. The van der Waals surface area contributed by atoms with Gasteiger partial charge in [-0.3, -0.25) is 4.79 Å². The van der Waals surface area contributed by atoms with Gasteiger partial charge in [-0.1, -0.05) is 6.42 Å². The van der Waals surface area contributed by atoms with E-state index in [9.17, 15) is 4.79 Å². The van der Waals surface area contributed by atoms with Gasteiger partial charge in [0.25, 0.3) is 0 Å². The van der Waals surface area contributed by atoms with E-state index in [2.05, 4.69) is 0 Å². The van der Waals surface area contributed by atoms with Crippen LogP contribution < -0.4 is 0 Å². The summed E-state index contributed by atoms with van der Waals surface area (Å²) >= 11 is 5.96. The lowest BCUT2D eigenvalue weighted by Crippen LogP contribution is -2.22. The maximum atomic E-state index is 10.2. The largest absolute Gasteiger partial charge is 0.481 e. The van der Waals surface area contributed by atoms with Gasteiger partial charge in [0, 0.05) is 11.8 Å². The van der Waals surface area contributed by atoms with Crippen molar-refractivity contribution in [3.63, 3.8) is 0 Å². The van der Waals surface area contributed by atoms with Gasteiger partial charge in [-0.25, -0.2) is 0 Å². The number of carbonyl (C=O) groups is 1. The van der Waals surface area contributed by atoms with Crippen LogP contribution in [0.3, 0.4) is 0 Å². The first-order valence-corrected chi connectivity index (χ1v) is 4.49. The van der Waals surface area contributed by atoms with Crippen molar-refractivity contribution in [1.29, 1.82) is 0 Å². The third-order valence-corrected chi connectivity index (χ3v) is 2.87. The Morgan fingerprint density at radius 1 is 1.64 bits per heavy atom. The minimum absolute atomic E-state index is 0.0971. The van der Waals surface area contributed by atoms with E-state index in [1.807, 2.05) is 0 Å². The highest BCUT2D eigenvalue weighted by Gasteiger charge is 2.25. The van der Waals surface area contributed by atoms with E-state index in [-0.39, 0.29) is 11.8 Å². The Kier molecular flexibility index (Phi) is 3.18. The Bertz CT molecular complexity index is 143. The average molecular weight is 177 g/mol. The highest BCUT2D eigenvalue weighted by atomic mass is 35.5. The molecule has 0 aliphatic heterocycles. The van der Waals surface area contributed by atoms with Crippen LogP contribution >= 0.6 is 11.6 Å². The van der Waals surface area contributed by atoms with Gasteiger partial charge in [-0.2, -0.15) is 0 Å². The molecule has 1 fully saturated rings. The Labute approximate surface area is 71.5 Å². The standard InChI is InChI=1S/C8H13ClO2/c9-7(4-5-8(10)11)6-2-1-3-6/h6-7H,1-5H2,(H,10,11). The second kappa shape index (κ2) is 3.96. The van der Waals surface area contributed by atoms with Gasteiger partial charge in [0.1, 0.15) is 0 Å². The molecule has 1 saturated carbocycles.